The minimum atomic E-state index is -0.968. The van der Waals surface area contributed by atoms with E-state index in [1.54, 1.807) is 11.8 Å². The second kappa shape index (κ2) is 4.18. The standard InChI is InChI=1S/C13H20N4O3/c1-12(14,8-3-4-8)10(19)17-6-2-5-13(7-17)9(18)15-11(20)16-13/h8H,2-7,14H2,1H3,(H2,15,16,18,20). The molecular formula is C13H20N4O3. The Bertz CT molecular complexity index is 486. The minimum Gasteiger partial charge on any atom is -0.338 e. The van der Waals surface area contributed by atoms with Crippen molar-refractivity contribution in [1.82, 2.24) is 15.5 Å². The third-order valence-corrected chi connectivity index (χ3v) is 4.68. The van der Waals surface area contributed by atoms with Crippen LogP contribution < -0.4 is 16.4 Å². The molecule has 7 heteroatoms. The first-order valence-electron chi connectivity index (χ1n) is 7.07. The molecule has 110 valence electrons. The zero-order valence-electron chi connectivity index (χ0n) is 11.6. The van der Waals surface area contributed by atoms with E-state index in [-0.39, 0.29) is 24.3 Å². The molecule has 3 rings (SSSR count). The highest BCUT2D eigenvalue weighted by Gasteiger charge is 2.52. The number of nitrogens with two attached hydrogens (primary N) is 1. The average Bonchev–Trinajstić information content (AvgIpc) is 3.19. The number of carbonyl (C=O) groups excluding carboxylic acids is 3. The molecule has 1 aliphatic carbocycles. The maximum Gasteiger partial charge on any atom is 0.322 e. The summed E-state index contributed by atoms with van der Waals surface area (Å²) < 4.78 is 0. The van der Waals surface area contributed by atoms with E-state index >= 15 is 0 Å². The molecule has 4 N–H and O–H groups in total. The molecular weight excluding hydrogens is 260 g/mol. The van der Waals surface area contributed by atoms with E-state index in [9.17, 15) is 14.4 Å². The topological polar surface area (TPSA) is 105 Å². The molecule has 0 bridgehead atoms. The summed E-state index contributed by atoms with van der Waals surface area (Å²) in [5.41, 5.74) is 4.34. The van der Waals surface area contributed by atoms with Crippen LogP contribution in [-0.2, 0) is 9.59 Å². The number of urea groups is 1. The number of amides is 4. The van der Waals surface area contributed by atoms with E-state index in [0.717, 1.165) is 12.8 Å². The second-order valence-electron chi connectivity index (χ2n) is 6.38. The first-order chi connectivity index (χ1) is 9.35. The van der Waals surface area contributed by atoms with Crippen LogP contribution in [-0.4, -0.2) is 46.9 Å². The number of carbonyl (C=O) groups is 3. The molecule has 2 aliphatic heterocycles. The zero-order chi connectivity index (χ0) is 14.5. The zero-order valence-corrected chi connectivity index (χ0v) is 11.6. The van der Waals surface area contributed by atoms with Gasteiger partial charge in [0.2, 0.25) is 5.91 Å². The smallest absolute Gasteiger partial charge is 0.322 e. The highest BCUT2D eigenvalue weighted by atomic mass is 16.2. The van der Waals surface area contributed by atoms with Crippen molar-refractivity contribution in [2.75, 3.05) is 13.1 Å². The van der Waals surface area contributed by atoms with Gasteiger partial charge in [0, 0.05) is 6.54 Å². The molecule has 0 radical (unpaired) electrons. The predicted octanol–water partition coefficient (Wildman–Crippen LogP) is -0.686. The fraction of sp³-hybridized carbons (Fsp3) is 0.769. The number of hydrogen-bond acceptors (Lipinski definition) is 4. The molecule has 1 spiro atoms. The van der Waals surface area contributed by atoms with Crippen molar-refractivity contribution in [3.05, 3.63) is 0 Å². The Morgan fingerprint density at radius 2 is 2.15 bits per heavy atom. The van der Waals surface area contributed by atoms with Crippen molar-refractivity contribution in [1.29, 1.82) is 0 Å². The number of hydrogen-bond donors (Lipinski definition) is 3. The van der Waals surface area contributed by atoms with Crippen molar-refractivity contribution >= 4 is 17.8 Å². The fourth-order valence-electron chi connectivity index (χ4n) is 3.24. The first kappa shape index (κ1) is 13.4. The molecule has 3 aliphatic rings. The predicted molar refractivity (Wildman–Crippen MR) is 70.5 cm³/mol. The van der Waals surface area contributed by atoms with Crippen molar-refractivity contribution in [3.63, 3.8) is 0 Å². The summed E-state index contributed by atoms with van der Waals surface area (Å²) >= 11 is 0. The lowest BCUT2D eigenvalue weighted by atomic mass is 9.87. The normalized spacial score (nSPS) is 32.8. The number of rotatable bonds is 2. The average molecular weight is 280 g/mol. The van der Waals surface area contributed by atoms with Crippen LogP contribution in [0.4, 0.5) is 4.79 Å². The van der Waals surface area contributed by atoms with Gasteiger partial charge < -0.3 is 16.0 Å². The van der Waals surface area contributed by atoms with Crippen molar-refractivity contribution in [2.45, 2.75) is 43.7 Å². The van der Waals surface area contributed by atoms with Crippen molar-refractivity contribution < 1.29 is 14.4 Å². The van der Waals surface area contributed by atoms with Crippen LogP contribution in [0, 0.1) is 5.92 Å². The molecule has 2 saturated heterocycles. The van der Waals surface area contributed by atoms with Gasteiger partial charge in [-0.3, -0.25) is 14.9 Å². The molecule has 2 atom stereocenters. The van der Waals surface area contributed by atoms with Crippen LogP contribution in [0.5, 0.6) is 0 Å². The largest absolute Gasteiger partial charge is 0.338 e. The van der Waals surface area contributed by atoms with Gasteiger partial charge in [-0.2, -0.15) is 0 Å². The number of likely N-dealkylation sites (tertiary alicyclic amines) is 1. The van der Waals surface area contributed by atoms with Gasteiger partial charge in [0.1, 0.15) is 5.54 Å². The summed E-state index contributed by atoms with van der Waals surface area (Å²) in [4.78, 5) is 37.5. The SMILES string of the molecule is CC(N)(C(=O)N1CCCC2(C1)NC(=O)NC2=O)C1CC1. The van der Waals surface area contributed by atoms with E-state index in [4.69, 9.17) is 5.73 Å². The summed E-state index contributed by atoms with van der Waals surface area (Å²) in [6, 6.07) is -0.484. The molecule has 0 aromatic carbocycles. The Balaban J connectivity index is 1.77. The molecule has 3 fully saturated rings. The van der Waals surface area contributed by atoms with Crippen LogP contribution in [0.3, 0.4) is 0 Å². The van der Waals surface area contributed by atoms with Crippen LogP contribution >= 0.6 is 0 Å². The van der Waals surface area contributed by atoms with Crippen LogP contribution in [0.1, 0.15) is 32.6 Å². The lowest BCUT2D eigenvalue weighted by Crippen LogP contribution is -2.64. The third kappa shape index (κ3) is 1.96. The van der Waals surface area contributed by atoms with Crippen LogP contribution in [0.2, 0.25) is 0 Å². The van der Waals surface area contributed by atoms with Gasteiger partial charge in [0.05, 0.1) is 12.1 Å². The van der Waals surface area contributed by atoms with Gasteiger partial charge >= 0.3 is 6.03 Å². The lowest BCUT2D eigenvalue weighted by molar-refractivity contribution is -0.141. The number of nitrogens with one attached hydrogen (secondary N) is 2. The highest BCUT2D eigenvalue weighted by Crippen LogP contribution is 2.39. The lowest BCUT2D eigenvalue weighted by Gasteiger charge is -2.41. The highest BCUT2D eigenvalue weighted by molar-refractivity contribution is 6.07. The molecule has 0 aromatic heterocycles. The number of nitrogens with zero attached hydrogens (tertiary/aromatic N) is 1. The van der Waals surface area contributed by atoms with Gasteiger partial charge in [-0.15, -0.1) is 0 Å². The van der Waals surface area contributed by atoms with E-state index in [2.05, 4.69) is 10.6 Å². The van der Waals surface area contributed by atoms with Crippen molar-refractivity contribution in [3.8, 4) is 0 Å². The Kier molecular flexibility index (Phi) is 2.79. The molecule has 20 heavy (non-hydrogen) atoms. The summed E-state index contributed by atoms with van der Waals surface area (Å²) in [6.07, 6.45) is 3.20. The van der Waals surface area contributed by atoms with Gasteiger partial charge in [-0.1, -0.05) is 0 Å². The Morgan fingerprint density at radius 1 is 1.45 bits per heavy atom. The summed E-state index contributed by atoms with van der Waals surface area (Å²) in [7, 11) is 0. The monoisotopic (exact) mass is 280 g/mol. The second-order valence-corrected chi connectivity index (χ2v) is 6.38. The molecule has 0 aromatic rings. The maximum atomic E-state index is 12.6. The third-order valence-electron chi connectivity index (χ3n) is 4.68. The number of imide groups is 1. The van der Waals surface area contributed by atoms with E-state index in [1.807, 2.05) is 0 Å². The molecule has 2 unspecified atom stereocenters. The van der Waals surface area contributed by atoms with Gasteiger partial charge in [-0.25, -0.2) is 4.79 Å². The molecule has 2 heterocycles. The van der Waals surface area contributed by atoms with Gasteiger partial charge in [0.25, 0.3) is 5.91 Å². The maximum absolute atomic E-state index is 12.6. The van der Waals surface area contributed by atoms with Crippen LogP contribution in [0.25, 0.3) is 0 Å². The summed E-state index contributed by atoms with van der Waals surface area (Å²) in [5.74, 6) is -0.224. The van der Waals surface area contributed by atoms with Crippen LogP contribution in [0.15, 0.2) is 0 Å². The van der Waals surface area contributed by atoms with Gasteiger partial charge in [-0.05, 0) is 38.5 Å². The minimum absolute atomic E-state index is 0.118. The first-order valence-corrected chi connectivity index (χ1v) is 7.07. The fourth-order valence-corrected chi connectivity index (χ4v) is 3.24. The Labute approximate surface area is 117 Å². The van der Waals surface area contributed by atoms with E-state index in [1.165, 1.54) is 0 Å². The Morgan fingerprint density at radius 3 is 2.70 bits per heavy atom. The molecule has 4 amide bonds. The van der Waals surface area contributed by atoms with E-state index in [0.29, 0.717) is 19.4 Å². The number of piperidine rings is 1. The summed E-state index contributed by atoms with van der Waals surface area (Å²) in [5, 5.41) is 4.92. The molecule has 1 saturated carbocycles. The van der Waals surface area contributed by atoms with Gasteiger partial charge in [0.15, 0.2) is 0 Å². The quantitative estimate of drug-likeness (QED) is 0.582. The molecule has 7 nitrogen and oxygen atoms in total. The summed E-state index contributed by atoms with van der Waals surface area (Å²) in [6.45, 7) is 2.56. The van der Waals surface area contributed by atoms with Crippen molar-refractivity contribution in [2.24, 2.45) is 11.7 Å². The Hall–Kier alpha value is -1.63. The van der Waals surface area contributed by atoms with E-state index < -0.39 is 17.1 Å².